The van der Waals surface area contributed by atoms with E-state index in [2.05, 4.69) is 35.3 Å². The van der Waals surface area contributed by atoms with Gasteiger partial charge in [-0.2, -0.15) is 0 Å². The first kappa shape index (κ1) is 23.4. The van der Waals surface area contributed by atoms with Gasteiger partial charge in [0.2, 0.25) is 0 Å². The number of H-pyrrole nitrogens is 1. The number of aromatic nitrogens is 2. The zero-order valence-electron chi connectivity index (χ0n) is 19.9. The van der Waals surface area contributed by atoms with Gasteiger partial charge in [-0.1, -0.05) is 84.4 Å². The van der Waals surface area contributed by atoms with Gasteiger partial charge >= 0.3 is 11.7 Å². The lowest BCUT2D eigenvalue weighted by molar-refractivity contribution is -0.139. The lowest BCUT2D eigenvalue weighted by Gasteiger charge is -2.19. The Morgan fingerprint density at radius 2 is 1.64 bits per heavy atom. The summed E-state index contributed by atoms with van der Waals surface area (Å²) in [5.41, 5.74) is 6.37. The largest absolute Gasteiger partial charge is 0.482 e. The van der Waals surface area contributed by atoms with Crippen LogP contribution in [0.3, 0.4) is 0 Å². The molecule has 6 nitrogen and oxygen atoms in total. The Balaban J connectivity index is 1.35. The molecule has 0 radical (unpaired) electrons. The molecular weight excluding hydrogens is 452 g/mol. The molecule has 1 aliphatic rings. The summed E-state index contributed by atoms with van der Waals surface area (Å²) in [4.78, 5) is 26.9. The second kappa shape index (κ2) is 10.5. The summed E-state index contributed by atoms with van der Waals surface area (Å²) in [6.45, 7) is 0.237. The molecule has 0 unspecified atom stereocenters. The van der Waals surface area contributed by atoms with Crippen LogP contribution in [-0.2, 0) is 17.8 Å². The summed E-state index contributed by atoms with van der Waals surface area (Å²) in [7, 11) is 0. The molecule has 1 heterocycles. The number of nitrogens with one attached hydrogen (secondary N) is 1. The van der Waals surface area contributed by atoms with Crippen LogP contribution in [0.25, 0.3) is 6.08 Å². The maximum absolute atomic E-state index is 12.9. The molecular formula is C30H28N2O4. The second-order valence-electron chi connectivity index (χ2n) is 9.02. The smallest absolute Gasteiger partial charge is 0.341 e. The molecule has 2 N–H and O–H groups in total. The van der Waals surface area contributed by atoms with E-state index < -0.39 is 5.97 Å². The molecule has 0 aliphatic heterocycles. The van der Waals surface area contributed by atoms with Gasteiger partial charge in [0.15, 0.2) is 6.61 Å². The number of nitrogens with zero attached hydrogens (tertiary/aromatic N) is 1. The summed E-state index contributed by atoms with van der Waals surface area (Å²) in [6, 6.07) is 26.1. The van der Waals surface area contributed by atoms with Crippen molar-refractivity contribution in [1.29, 1.82) is 0 Å². The van der Waals surface area contributed by atoms with Crippen LogP contribution in [-0.4, -0.2) is 27.2 Å². The molecule has 4 aromatic rings. The predicted octanol–water partition coefficient (Wildman–Crippen LogP) is 5.24. The molecule has 36 heavy (non-hydrogen) atoms. The maximum atomic E-state index is 12.9. The summed E-state index contributed by atoms with van der Waals surface area (Å²) < 4.78 is 7.23. The highest BCUT2D eigenvalue weighted by Crippen LogP contribution is 2.33. The van der Waals surface area contributed by atoms with Gasteiger partial charge < -0.3 is 14.8 Å². The van der Waals surface area contributed by atoms with Crippen LogP contribution >= 0.6 is 0 Å². The minimum absolute atomic E-state index is 0.0497. The van der Waals surface area contributed by atoms with Crippen molar-refractivity contribution in [3.05, 3.63) is 129 Å². The standard InChI is InChI=1S/C30H28N2O4/c33-28(34)20-36-27-13-7-12-24-18-21(14-15-25(24)27)16-17-32-19-26(31-30(32)35)29(22-8-3-1-4-9-22)23-10-5-2-6-11-23/h1-13,18-19,29H,14-17,20H2,(H,31,35)(H,33,34). The average Bonchev–Trinajstić information content (AvgIpc) is 3.27. The molecule has 0 atom stereocenters. The highest BCUT2D eigenvalue weighted by Gasteiger charge is 2.20. The fourth-order valence-electron chi connectivity index (χ4n) is 4.91. The number of carboxylic acids is 1. The molecule has 0 amide bonds. The SMILES string of the molecule is O=C(O)COc1cccc2c1CCC(CCn1cc(C(c3ccccc3)c3ccccc3)[nH]c1=O)=C2. The highest BCUT2D eigenvalue weighted by atomic mass is 16.5. The van der Waals surface area contributed by atoms with Gasteiger partial charge in [0, 0.05) is 24.0 Å². The molecule has 1 aliphatic carbocycles. The van der Waals surface area contributed by atoms with E-state index in [0.29, 0.717) is 12.3 Å². The number of aryl methyl sites for hydroxylation is 1. The minimum atomic E-state index is -0.988. The van der Waals surface area contributed by atoms with E-state index in [1.165, 1.54) is 5.57 Å². The number of hydrogen-bond donors (Lipinski definition) is 2. The van der Waals surface area contributed by atoms with E-state index in [4.69, 9.17) is 9.84 Å². The van der Waals surface area contributed by atoms with Crippen LogP contribution in [0.4, 0.5) is 0 Å². The van der Waals surface area contributed by atoms with Gasteiger partial charge in [0.1, 0.15) is 5.75 Å². The summed E-state index contributed by atoms with van der Waals surface area (Å²) >= 11 is 0. The zero-order valence-corrected chi connectivity index (χ0v) is 19.9. The average molecular weight is 481 g/mol. The Labute approximate surface area is 209 Å². The number of aliphatic carboxylic acids is 1. The third-order valence-corrected chi connectivity index (χ3v) is 6.63. The highest BCUT2D eigenvalue weighted by molar-refractivity contribution is 5.69. The van der Waals surface area contributed by atoms with Crippen molar-refractivity contribution in [1.82, 2.24) is 9.55 Å². The Hall–Kier alpha value is -4.32. The number of carbonyl (C=O) groups is 1. The van der Waals surface area contributed by atoms with Crippen LogP contribution in [0.15, 0.2) is 95.4 Å². The Bertz CT molecular complexity index is 1400. The number of aromatic amines is 1. The monoisotopic (exact) mass is 480 g/mol. The van der Waals surface area contributed by atoms with Crippen molar-refractivity contribution in [2.75, 3.05) is 6.61 Å². The number of fused-ring (bicyclic) bond motifs is 1. The fraction of sp³-hybridized carbons (Fsp3) is 0.200. The van der Waals surface area contributed by atoms with Crippen molar-refractivity contribution in [3.8, 4) is 5.75 Å². The number of imidazole rings is 1. The quantitative estimate of drug-likeness (QED) is 0.343. The van der Waals surface area contributed by atoms with Gasteiger partial charge in [-0.3, -0.25) is 4.57 Å². The summed E-state index contributed by atoms with van der Waals surface area (Å²) in [5.74, 6) is -0.409. The van der Waals surface area contributed by atoms with E-state index in [-0.39, 0.29) is 18.2 Å². The van der Waals surface area contributed by atoms with Crippen LogP contribution in [0, 0.1) is 0 Å². The molecule has 6 heteroatoms. The molecule has 182 valence electrons. The summed E-state index contributed by atoms with van der Waals surface area (Å²) in [6.07, 6.45) is 6.49. The van der Waals surface area contributed by atoms with E-state index in [1.54, 1.807) is 4.57 Å². The van der Waals surface area contributed by atoms with E-state index >= 15 is 0 Å². The van der Waals surface area contributed by atoms with Crippen LogP contribution in [0.5, 0.6) is 5.75 Å². The van der Waals surface area contributed by atoms with Gasteiger partial charge in [-0.05, 0) is 42.0 Å². The van der Waals surface area contributed by atoms with Gasteiger partial charge in [0.05, 0.1) is 5.92 Å². The number of carboxylic acid groups (broad SMARTS) is 1. The van der Waals surface area contributed by atoms with E-state index in [9.17, 15) is 9.59 Å². The molecule has 0 saturated heterocycles. The Morgan fingerprint density at radius 1 is 0.944 bits per heavy atom. The Kier molecular flexibility index (Phi) is 6.85. The lowest BCUT2D eigenvalue weighted by Crippen LogP contribution is -2.17. The van der Waals surface area contributed by atoms with Gasteiger partial charge in [0.25, 0.3) is 0 Å². The van der Waals surface area contributed by atoms with Gasteiger partial charge in [-0.15, -0.1) is 0 Å². The van der Waals surface area contributed by atoms with Crippen molar-refractivity contribution in [2.24, 2.45) is 0 Å². The van der Waals surface area contributed by atoms with Crippen molar-refractivity contribution < 1.29 is 14.6 Å². The zero-order chi connectivity index (χ0) is 24.9. The lowest BCUT2D eigenvalue weighted by atomic mass is 9.89. The molecule has 0 fully saturated rings. The maximum Gasteiger partial charge on any atom is 0.341 e. The normalized spacial score (nSPS) is 12.8. The first-order valence-electron chi connectivity index (χ1n) is 12.1. The van der Waals surface area contributed by atoms with Gasteiger partial charge in [-0.25, -0.2) is 9.59 Å². The van der Waals surface area contributed by atoms with E-state index in [1.807, 2.05) is 60.8 Å². The van der Waals surface area contributed by atoms with Crippen molar-refractivity contribution in [2.45, 2.75) is 31.7 Å². The number of hydrogen-bond acceptors (Lipinski definition) is 3. The number of ether oxygens (including phenoxy) is 1. The molecule has 0 saturated carbocycles. The first-order valence-corrected chi connectivity index (χ1v) is 12.1. The minimum Gasteiger partial charge on any atom is -0.482 e. The number of allylic oxidation sites excluding steroid dienone is 1. The molecule has 0 bridgehead atoms. The van der Waals surface area contributed by atoms with Crippen LogP contribution in [0.2, 0.25) is 0 Å². The van der Waals surface area contributed by atoms with Crippen molar-refractivity contribution >= 4 is 12.0 Å². The third kappa shape index (κ3) is 5.18. The predicted molar refractivity (Wildman–Crippen MR) is 139 cm³/mol. The van der Waals surface area contributed by atoms with E-state index in [0.717, 1.165) is 47.2 Å². The molecule has 1 aromatic heterocycles. The van der Waals surface area contributed by atoms with Crippen molar-refractivity contribution in [3.63, 3.8) is 0 Å². The molecule has 3 aromatic carbocycles. The number of benzene rings is 3. The third-order valence-electron chi connectivity index (χ3n) is 6.63. The first-order chi connectivity index (χ1) is 17.6. The Morgan fingerprint density at radius 3 is 2.31 bits per heavy atom. The fourth-order valence-corrected chi connectivity index (χ4v) is 4.91. The van der Waals surface area contributed by atoms with Crippen LogP contribution < -0.4 is 10.4 Å². The molecule has 0 spiro atoms. The van der Waals surface area contributed by atoms with Crippen LogP contribution in [0.1, 0.15) is 46.7 Å². The number of rotatable bonds is 9. The summed E-state index contributed by atoms with van der Waals surface area (Å²) in [5, 5.41) is 8.92. The molecule has 5 rings (SSSR count). The second-order valence-corrected chi connectivity index (χ2v) is 9.02. The topological polar surface area (TPSA) is 84.3 Å².